The van der Waals surface area contributed by atoms with Gasteiger partial charge in [-0.05, 0) is 49.6 Å². The highest BCUT2D eigenvalue weighted by molar-refractivity contribution is 7.89. The first kappa shape index (κ1) is 20.5. The molecular weight excluding hydrogens is 378 g/mol. The van der Waals surface area contributed by atoms with Crippen molar-refractivity contribution in [3.8, 4) is 5.75 Å². The van der Waals surface area contributed by atoms with E-state index in [9.17, 15) is 13.2 Å². The molecule has 6 nitrogen and oxygen atoms in total. The predicted molar refractivity (Wildman–Crippen MR) is 106 cm³/mol. The van der Waals surface area contributed by atoms with Gasteiger partial charge in [0, 0.05) is 30.7 Å². The number of benzene rings is 2. The van der Waals surface area contributed by atoms with Crippen LogP contribution in [0.5, 0.6) is 5.75 Å². The van der Waals surface area contributed by atoms with Gasteiger partial charge in [0.05, 0.1) is 12.0 Å². The van der Waals surface area contributed by atoms with Crippen molar-refractivity contribution < 1.29 is 22.7 Å². The molecule has 0 spiro atoms. The normalized spacial score (nSPS) is 16.5. The third kappa shape index (κ3) is 4.43. The molecule has 1 heterocycles. The third-order valence-electron chi connectivity index (χ3n) is 5.32. The highest BCUT2D eigenvalue weighted by Crippen LogP contribution is 2.35. The molecule has 28 heavy (non-hydrogen) atoms. The topological polar surface area (TPSA) is 81.7 Å². The van der Waals surface area contributed by atoms with Crippen LogP contribution >= 0.6 is 0 Å². The molecule has 7 heteroatoms. The van der Waals surface area contributed by atoms with E-state index in [2.05, 4.69) is 4.72 Å². The standard InChI is InChI=1S/C21H25NO5S/c1-16(23)17-3-9-20(10-4-17)28(24,25)22-15-21(11-13-27-14-12-21)18-5-7-19(26-2)8-6-18/h3-10,22H,11-15H2,1-2H3. The first-order valence-electron chi connectivity index (χ1n) is 9.19. The van der Waals surface area contributed by atoms with Crippen molar-refractivity contribution in [1.82, 2.24) is 4.72 Å². The molecule has 0 amide bonds. The van der Waals surface area contributed by atoms with E-state index in [-0.39, 0.29) is 22.6 Å². The largest absolute Gasteiger partial charge is 0.497 e. The fraction of sp³-hybridized carbons (Fsp3) is 0.381. The van der Waals surface area contributed by atoms with Crippen LogP contribution in [0, 0.1) is 0 Å². The summed E-state index contributed by atoms with van der Waals surface area (Å²) in [6, 6.07) is 13.7. The van der Waals surface area contributed by atoms with Gasteiger partial charge in [-0.15, -0.1) is 0 Å². The molecule has 1 N–H and O–H groups in total. The lowest BCUT2D eigenvalue weighted by molar-refractivity contribution is 0.0517. The van der Waals surface area contributed by atoms with Crippen LogP contribution in [0.2, 0.25) is 0 Å². The average molecular weight is 404 g/mol. The summed E-state index contributed by atoms with van der Waals surface area (Å²) in [6.07, 6.45) is 1.45. The van der Waals surface area contributed by atoms with E-state index in [1.54, 1.807) is 7.11 Å². The third-order valence-corrected chi connectivity index (χ3v) is 6.74. The van der Waals surface area contributed by atoms with E-state index < -0.39 is 10.0 Å². The predicted octanol–water partition coefficient (Wildman–Crippen LogP) is 2.92. The zero-order valence-electron chi connectivity index (χ0n) is 16.1. The summed E-state index contributed by atoms with van der Waals surface area (Å²) in [6.45, 7) is 2.90. The fourth-order valence-corrected chi connectivity index (χ4v) is 4.59. The first-order chi connectivity index (χ1) is 13.4. The molecule has 2 aromatic rings. The van der Waals surface area contributed by atoms with Crippen molar-refractivity contribution in [3.63, 3.8) is 0 Å². The van der Waals surface area contributed by atoms with Crippen molar-refractivity contribution in [2.24, 2.45) is 0 Å². The highest BCUT2D eigenvalue weighted by atomic mass is 32.2. The first-order valence-corrected chi connectivity index (χ1v) is 10.7. The molecule has 0 unspecified atom stereocenters. The zero-order valence-corrected chi connectivity index (χ0v) is 16.9. The summed E-state index contributed by atoms with van der Waals surface area (Å²) < 4.78 is 39.1. The minimum Gasteiger partial charge on any atom is -0.497 e. The summed E-state index contributed by atoms with van der Waals surface area (Å²) in [5.41, 5.74) is 1.21. The minimum atomic E-state index is -3.69. The molecule has 0 radical (unpaired) electrons. The zero-order chi connectivity index (χ0) is 20.2. The molecule has 150 valence electrons. The number of carbonyl (C=O) groups excluding carboxylic acids is 1. The van der Waals surface area contributed by atoms with Crippen molar-refractivity contribution in [1.29, 1.82) is 0 Å². The number of sulfonamides is 1. The Bertz CT molecular complexity index is 914. The van der Waals surface area contributed by atoms with Crippen LogP contribution < -0.4 is 9.46 Å². The molecule has 1 aliphatic heterocycles. The number of rotatable bonds is 7. The fourth-order valence-electron chi connectivity index (χ4n) is 3.46. The molecular formula is C21H25NO5S. The lowest BCUT2D eigenvalue weighted by Crippen LogP contribution is -2.44. The van der Waals surface area contributed by atoms with Gasteiger partial charge < -0.3 is 9.47 Å². The van der Waals surface area contributed by atoms with E-state index in [4.69, 9.17) is 9.47 Å². The smallest absolute Gasteiger partial charge is 0.240 e. The number of ether oxygens (including phenoxy) is 2. The van der Waals surface area contributed by atoms with Crippen LogP contribution in [0.15, 0.2) is 53.4 Å². The van der Waals surface area contributed by atoms with Crippen LogP contribution in [-0.4, -0.2) is 41.1 Å². The van der Waals surface area contributed by atoms with E-state index in [0.717, 1.165) is 24.2 Å². The number of methoxy groups -OCH3 is 1. The van der Waals surface area contributed by atoms with Crippen LogP contribution in [-0.2, 0) is 20.2 Å². The summed E-state index contributed by atoms with van der Waals surface area (Å²) in [5, 5.41) is 0. The Morgan fingerprint density at radius 3 is 2.21 bits per heavy atom. The average Bonchev–Trinajstić information content (AvgIpc) is 2.73. The quantitative estimate of drug-likeness (QED) is 0.719. The van der Waals surface area contributed by atoms with Gasteiger partial charge in [-0.2, -0.15) is 0 Å². The van der Waals surface area contributed by atoms with Gasteiger partial charge >= 0.3 is 0 Å². The minimum absolute atomic E-state index is 0.0995. The molecule has 2 aromatic carbocycles. The maximum Gasteiger partial charge on any atom is 0.240 e. The SMILES string of the molecule is COc1ccc(C2(CNS(=O)(=O)c3ccc(C(C)=O)cc3)CCOCC2)cc1. The van der Waals surface area contributed by atoms with Crippen molar-refractivity contribution >= 4 is 15.8 Å². The van der Waals surface area contributed by atoms with E-state index in [0.29, 0.717) is 18.8 Å². The van der Waals surface area contributed by atoms with Crippen molar-refractivity contribution in [2.75, 3.05) is 26.9 Å². The van der Waals surface area contributed by atoms with Crippen molar-refractivity contribution in [3.05, 3.63) is 59.7 Å². The molecule has 1 fully saturated rings. The number of carbonyl (C=O) groups is 1. The Labute approximate surface area is 165 Å². The van der Waals surface area contributed by atoms with E-state index in [1.165, 1.54) is 31.2 Å². The Hall–Kier alpha value is -2.22. The summed E-state index contributed by atoms with van der Waals surface area (Å²) in [5.74, 6) is 0.662. The molecule has 1 aliphatic rings. The summed E-state index contributed by atoms with van der Waals surface area (Å²) in [4.78, 5) is 11.5. The Kier molecular flexibility index (Phi) is 6.17. The van der Waals surface area contributed by atoms with Gasteiger partial charge in [0.25, 0.3) is 0 Å². The summed E-state index contributed by atoms with van der Waals surface area (Å²) >= 11 is 0. The van der Waals surface area contributed by atoms with Crippen LogP contribution in [0.1, 0.15) is 35.7 Å². The Balaban J connectivity index is 1.81. The molecule has 0 aromatic heterocycles. The van der Waals surface area contributed by atoms with Crippen molar-refractivity contribution in [2.45, 2.75) is 30.1 Å². The molecule has 3 rings (SSSR count). The second-order valence-corrected chi connectivity index (χ2v) is 8.79. The molecule has 0 saturated carbocycles. The van der Waals surface area contributed by atoms with Gasteiger partial charge in [-0.3, -0.25) is 4.79 Å². The maximum atomic E-state index is 12.8. The Morgan fingerprint density at radius 1 is 1.07 bits per heavy atom. The number of ketones is 1. The monoisotopic (exact) mass is 403 g/mol. The van der Waals surface area contributed by atoms with Crippen LogP contribution in [0.4, 0.5) is 0 Å². The molecule has 0 atom stereocenters. The lowest BCUT2D eigenvalue weighted by Gasteiger charge is -2.38. The number of Topliss-reactive ketones (excluding diaryl/α,β-unsaturated/α-hetero) is 1. The van der Waals surface area contributed by atoms with Gasteiger partial charge in [-0.25, -0.2) is 13.1 Å². The number of hydrogen-bond acceptors (Lipinski definition) is 5. The lowest BCUT2D eigenvalue weighted by atomic mass is 9.74. The van der Waals surface area contributed by atoms with E-state index >= 15 is 0 Å². The van der Waals surface area contributed by atoms with Gasteiger partial charge in [0.15, 0.2) is 5.78 Å². The van der Waals surface area contributed by atoms with Gasteiger partial charge in [-0.1, -0.05) is 24.3 Å². The molecule has 1 saturated heterocycles. The second kappa shape index (κ2) is 8.43. The molecule has 0 bridgehead atoms. The Morgan fingerprint density at radius 2 is 1.68 bits per heavy atom. The van der Waals surface area contributed by atoms with Gasteiger partial charge in [0.1, 0.15) is 5.75 Å². The van der Waals surface area contributed by atoms with Crippen LogP contribution in [0.3, 0.4) is 0 Å². The molecule has 0 aliphatic carbocycles. The van der Waals surface area contributed by atoms with E-state index in [1.807, 2.05) is 24.3 Å². The second-order valence-electron chi connectivity index (χ2n) is 7.03. The highest BCUT2D eigenvalue weighted by Gasteiger charge is 2.35. The van der Waals surface area contributed by atoms with Gasteiger partial charge in [0.2, 0.25) is 10.0 Å². The number of nitrogens with one attached hydrogen (secondary N) is 1. The number of hydrogen-bond donors (Lipinski definition) is 1. The summed E-state index contributed by atoms with van der Waals surface area (Å²) in [7, 11) is -2.07. The van der Waals surface area contributed by atoms with Crippen LogP contribution in [0.25, 0.3) is 0 Å². The maximum absolute atomic E-state index is 12.8.